The van der Waals surface area contributed by atoms with Gasteiger partial charge in [-0.1, -0.05) is 6.07 Å². The number of nitrogens with one attached hydrogen (secondary N) is 2. The quantitative estimate of drug-likeness (QED) is 0.592. The molecule has 0 spiro atoms. The lowest BCUT2D eigenvalue weighted by Gasteiger charge is -2.16. The molecular formula is C21H27N5O5. The lowest BCUT2D eigenvalue weighted by atomic mass is 10.1. The third-order valence-electron chi connectivity index (χ3n) is 5.10. The molecule has 3 rings (SSSR count). The van der Waals surface area contributed by atoms with E-state index in [9.17, 15) is 19.5 Å². The van der Waals surface area contributed by atoms with E-state index in [0.717, 1.165) is 40.4 Å². The smallest absolute Gasteiger partial charge is 0.355 e. The van der Waals surface area contributed by atoms with Gasteiger partial charge in [0.25, 0.3) is 5.56 Å². The lowest BCUT2D eigenvalue weighted by molar-refractivity contribution is 0.205. The molecule has 10 nitrogen and oxygen atoms in total. The first kappa shape index (κ1) is 22.1. The number of aromatic nitrogens is 4. The third-order valence-corrected chi connectivity index (χ3v) is 5.10. The standard InChI is InChI=1S/C21H27N5O5/c1-14-7-4-3-5-10-31-17(14)11-16(27)12-23-19-24-20(29)26(21(30)25(19)2)13-15-8-6-9-22-18(15)28/h6,8-9,11,27H,3-5,7,10,12-13H2,1-2H3,(H,22,28)(H,23,24,29)/b16-11+,17-14-. The Morgan fingerprint density at radius 3 is 2.90 bits per heavy atom. The molecule has 0 bridgehead atoms. The van der Waals surface area contributed by atoms with Crippen molar-refractivity contribution < 1.29 is 9.84 Å². The molecule has 0 fully saturated rings. The molecule has 0 saturated heterocycles. The van der Waals surface area contributed by atoms with Crippen LogP contribution < -0.4 is 22.3 Å². The SMILES string of the molecule is C/C1=C(\C=C(\O)CNc2nc(=O)n(Cc3ccc[nH]c3=O)c(=O)n2C)OCCCCC1. The normalized spacial score (nSPS) is 17.5. The molecule has 0 amide bonds. The van der Waals surface area contributed by atoms with Gasteiger partial charge in [0.15, 0.2) is 0 Å². The third kappa shape index (κ3) is 5.53. The summed E-state index contributed by atoms with van der Waals surface area (Å²) in [6.07, 6.45) is 7.10. The maximum Gasteiger partial charge on any atom is 0.355 e. The molecule has 3 heterocycles. The minimum Gasteiger partial charge on any atom is -0.510 e. The van der Waals surface area contributed by atoms with Crippen LogP contribution >= 0.6 is 0 Å². The van der Waals surface area contributed by atoms with Crippen LogP contribution in [0.3, 0.4) is 0 Å². The number of aliphatic hydroxyl groups is 1. The number of nitrogens with zero attached hydrogens (tertiary/aromatic N) is 3. The summed E-state index contributed by atoms with van der Waals surface area (Å²) < 4.78 is 7.76. The average Bonchev–Trinajstić information content (AvgIpc) is 2.74. The van der Waals surface area contributed by atoms with Crippen molar-refractivity contribution in [2.75, 3.05) is 18.5 Å². The molecular weight excluding hydrogens is 402 g/mol. The second-order valence-electron chi connectivity index (χ2n) is 7.46. The second-order valence-corrected chi connectivity index (χ2v) is 7.46. The van der Waals surface area contributed by atoms with E-state index in [1.54, 1.807) is 12.1 Å². The number of aromatic amines is 1. The summed E-state index contributed by atoms with van der Waals surface area (Å²) in [4.78, 5) is 43.2. The maximum atomic E-state index is 12.6. The lowest BCUT2D eigenvalue weighted by Crippen LogP contribution is -2.42. The van der Waals surface area contributed by atoms with E-state index in [1.165, 1.54) is 19.3 Å². The average molecular weight is 429 g/mol. The second kappa shape index (κ2) is 9.96. The van der Waals surface area contributed by atoms with Crippen molar-refractivity contribution in [3.8, 4) is 0 Å². The van der Waals surface area contributed by atoms with Crippen LogP contribution in [0.4, 0.5) is 5.95 Å². The minimum atomic E-state index is -0.792. The van der Waals surface area contributed by atoms with Crippen LogP contribution in [0.25, 0.3) is 0 Å². The number of rotatable bonds is 6. The summed E-state index contributed by atoms with van der Waals surface area (Å²) in [5, 5.41) is 13.1. The molecule has 10 heteroatoms. The van der Waals surface area contributed by atoms with Crippen molar-refractivity contribution in [3.63, 3.8) is 0 Å². The number of H-pyrrole nitrogens is 1. The molecule has 1 aliphatic heterocycles. The zero-order chi connectivity index (χ0) is 22.4. The van der Waals surface area contributed by atoms with Gasteiger partial charge in [0.2, 0.25) is 5.95 Å². The van der Waals surface area contributed by atoms with Crippen molar-refractivity contribution in [2.24, 2.45) is 7.05 Å². The fourth-order valence-electron chi connectivity index (χ4n) is 3.26. The monoisotopic (exact) mass is 429 g/mol. The molecule has 166 valence electrons. The van der Waals surface area contributed by atoms with Crippen molar-refractivity contribution in [1.29, 1.82) is 0 Å². The first-order valence-electron chi connectivity index (χ1n) is 10.2. The zero-order valence-electron chi connectivity index (χ0n) is 17.7. The Labute approximate surface area is 178 Å². The number of ether oxygens (including phenoxy) is 1. The molecule has 31 heavy (non-hydrogen) atoms. The molecule has 0 unspecified atom stereocenters. The largest absolute Gasteiger partial charge is 0.510 e. The Balaban J connectivity index is 1.77. The van der Waals surface area contributed by atoms with Gasteiger partial charge in [-0.25, -0.2) is 14.2 Å². The predicted molar refractivity (Wildman–Crippen MR) is 116 cm³/mol. The van der Waals surface area contributed by atoms with E-state index in [0.29, 0.717) is 12.4 Å². The fourth-order valence-corrected chi connectivity index (χ4v) is 3.26. The van der Waals surface area contributed by atoms with Gasteiger partial charge in [-0.15, -0.1) is 0 Å². The fraction of sp³-hybridized carbons (Fsp3) is 0.429. The summed E-state index contributed by atoms with van der Waals surface area (Å²) in [6.45, 7) is 2.34. The molecule has 1 aliphatic rings. The number of anilines is 1. The van der Waals surface area contributed by atoms with Gasteiger partial charge in [0, 0.05) is 24.9 Å². The Hall–Kier alpha value is -3.56. The molecule has 0 atom stereocenters. The molecule has 0 saturated carbocycles. The Bertz CT molecular complexity index is 1170. The van der Waals surface area contributed by atoms with Crippen molar-refractivity contribution in [1.82, 2.24) is 19.1 Å². The van der Waals surface area contributed by atoms with E-state index in [2.05, 4.69) is 15.3 Å². The highest BCUT2D eigenvalue weighted by Crippen LogP contribution is 2.20. The number of hydrogen-bond donors (Lipinski definition) is 3. The number of hydrogen-bond acceptors (Lipinski definition) is 7. The highest BCUT2D eigenvalue weighted by Gasteiger charge is 2.13. The highest BCUT2D eigenvalue weighted by atomic mass is 16.5. The van der Waals surface area contributed by atoms with Crippen molar-refractivity contribution in [3.05, 3.63) is 78.4 Å². The first-order valence-corrected chi connectivity index (χ1v) is 10.2. The van der Waals surface area contributed by atoms with Gasteiger partial charge in [-0.3, -0.25) is 9.36 Å². The van der Waals surface area contributed by atoms with E-state index in [4.69, 9.17) is 4.74 Å². The maximum absolute atomic E-state index is 12.6. The number of pyridine rings is 1. The van der Waals surface area contributed by atoms with Gasteiger partial charge in [0.1, 0.15) is 11.5 Å². The van der Waals surface area contributed by atoms with E-state index < -0.39 is 11.4 Å². The zero-order valence-corrected chi connectivity index (χ0v) is 17.7. The molecule has 0 aromatic carbocycles. The van der Waals surface area contributed by atoms with Crippen LogP contribution in [0, 0.1) is 0 Å². The van der Waals surface area contributed by atoms with E-state index in [1.807, 2.05) is 6.92 Å². The Morgan fingerprint density at radius 2 is 2.13 bits per heavy atom. The molecule has 3 N–H and O–H groups in total. The van der Waals surface area contributed by atoms with Gasteiger partial charge in [-0.2, -0.15) is 4.98 Å². The Morgan fingerprint density at radius 1 is 1.32 bits per heavy atom. The van der Waals surface area contributed by atoms with Gasteiger partial charge in [-0.05, 0) is 44.2 Å². The summed E-state index contributed by atoms with van der Waals surface area (Å²) in [7, 11) is 1.45. The Kier molecular flexibility index (Phi) is 7.11. The number of allylic oxidation sites excluding steroid dienone is 2. The molecule has 0 radical (unpaired) electrons. The van der Waals surface area contributed by atoms with Crippen LogP contribution in [-0.4, -0.2) is 37.4 Å². The van der Waals surface area contributed by atoms with Gasteiger partial charge < -0.3 is 20.1 Å². The molecule has 2 aromatic rings. The molecule has 2 aromatic heterocycles. The van der Waals surface area contributed by atoms with E-state index >= 15 is 0 Å². The van der Waals surface area contributed by atoms with Crippen LogP contribution in [0.5, 0.6) is 0 Å². The van der Waals surface area contributed by atoms with Gasteiger partial charge in [0.05, 0.1) is 19.7 Å². The van der Waals surface area contributed by atoms with Crippen LogP contribution in [0.1, 0.15) is 38.2 Å². The van der Waals surface area contributed by atoms with Crippen LogP contribution in [0.2, 0.25) is 0 Å². The minimum absolute atomic E-state index is 0.0100. The van der Waals surface area contributed by atoms with Crippen molar-refractivity contribution in [2.45, 2.75) is 39.2 Å². The topological polar surface area (TPSA) is 131 Å². The van der Waals surface area contributed by atoms with E-state index in [-0.39, 0.29) is 35.9 Å². The number of aliphatic hydroxyl groups excluding tert-OH is 1. The van der Waals surface area contributed by atoms with Crippen LogP contribution in [0.15, 0.2) is 55.9 Å². The predicted octanol–water partition coefficient (Wildman–Crippen LogP) is 1.40. The molecule has 0 aliphatic carbocycles. The summed E-state index contributed by atoms with van der Waals surface area (Å²) in [5.74, 6) is 0.644. The van der Waals surface area contributed by atoms with Gasteiger partial charge >= 0.3 is 11.4 Å². The summed E-state index contributed by atoms with van der Waals surface area (Å²) in [5.41, 5.74) is -0.465. The first-order chi connectivity index (χ1) is 14.9. The van der Waals surface area contributed by atoms with Crippen LogP contribution in [-0.2, 0) is 18.3 Å². The summed E-state index contributed by atoms with van der Waals surface area (Å²) >= 11 is 0. The van der Waals surface area contributed by atoms with Crippen molar-refractivity contribution >= 4 is 5.95 Å². The highest BCUT2D eigenvalue weighted by molar-refractivity contribution is 5.29. The summed E-state index contributed by atoms with van der Waals surface area (Å²) in [6, 6.07) is 3.15.